The van der Waals surface area contributed by atoms with Crippen LogP contribution in [0.1, 0.15) is 59.3 Å². The topological polar surface area (TPSA) is 113 Å². The molecular formula is C24H35N3O6S. The maximum absolute atomic E-state index is 13.1. The van der Waals surface area contributed by atoms with Crippen molar-refractivity contribution in [1.82, 2.24) is 9.62 Å². The van der Waals surface area contributed by atoms with Gasteiger partial charge in [-0.2, -0.15) is 4.31 Å². The molecule has 34 heavy (non-hydrogen) atoms. The average molecular weight is 494 g/mol. The molecule has 2 fully saturated rings. The van der Waals surface area contributed by atoms with E-state index < -0.39 is 27.4 Å². The third-order valence-electron chi connectivity index (χ3n) is 6.72. The lowest BCUT2D eigenvalue weighted by molar-refractivity contribution is -0.155. The van der Waals surface area contributed by atoms with Crippen molar-refractivity contribution in [2.75, 3.05) is 31.1 Å². The maximum atomic E-state index is 13.1. The molecule has 1 aromatic carbocycles. The predicted octanol–water partition coefficient (Wildman–Crippen LogP) is 2.45. The van der Waals surface area contributed by atoms with Crippen LogP contribution in [0.5, 0.6) is 0 Å². The number of amides is 2. The van der Waals surface area contributed by atoms with Crippen LogP contribution < -0.4 is 10.2 Å². The first-order valence-corrected chi connectivity index (χ1v) is 13.5. The molecule has 1 heterocycles. The molecule has 1 saturated heterocycles. The summed E-state index contributed by atoms with van der Waals surface area (Å²) in [6.07, 6.45) is 3.76. The zero-order chi connectivity index (χ0) is 24.9. The van der Waals surface area contributed by atoms with E-state index in [4.69, 9.17) is 4.74 Å². The number of carbonyl (C=O) groups is 3. The molecule has 1 atom stereocenters. The monoisotopic (exact) mass is 493 g/mol. The minimum atomic E-state index is -3.59. The molecule has 1 saturated carbocycles. The molecular weight excluding hydrogens is 458 g/mol. The first-order chi connectivity index (χ1) is 16.2. The van der Waals surface area contributed by atoms with Crippen LogP contribution in [-0.2, 0) is 29.1 Å². The van der Waals surface area contributed by atoms with Gasteiger partial charge in [-0.15, -0.1) is 0 Å². The van der Waals surface area contributed by atoms with Crippen LogP contribution in [0.25, 0.3) is 0 Å². The Morgan fingerprint density at radius 3 is 2.26 bits per heavy atom. The van der Waals surface area contributed by atoms with E-state index in [-0.39, 0.29) is 36.3 Å². The fourth-order valence-electron chi connectivity index (χ4n) is 4.79. The third kappa shape index (κ3) is 5.27. The Morgan fingerprint density at radius 1 is 1.09 bits per heavy atom. The van der Waals surface area contributed by atoms with Gasteiger partial charge in [0.2, 0.25) is 21.8 Å². The Balaban J connectivity index is 1.72. The molecule has 1 unspecified atom stereocenters. The number of hydrogen-bond donors (Lipinski definition) is 1. The highest BCUT2D eigenvalue weighted by molar-refractivity contribution is 7.89. The van der Waals surface area contributed by atoms with E-state index in [2.05, 4.69) is 5.32 Å². The Kier molecular flexibility index (Phi) is 8.35. The van der Waals surface area contributed by atoms with Crippen LogP contribution >= 0.6 is 0 Å². The molecule has 0 bridgehead atoms. The minimum Gasteiger partial charge on any atom is -0.464 e. The van der Waals surface area contributed by atoms with Crippen molar-refractivity contribution in [2.24, 2.45) is 5.92 Å². The van der Waals surface area contributed by atoms with Crippen molar-refractivity contribution in [2.45, 2.75) is 69.7 Å². The number of ether oxygens (including phenoxy) is 1. The number of anilines is 1. The lowest BCUT2D eigenvalue weighted by Gasteiger charge is -2.36. The summed E-state index contributed by atoms with van der Waals surface area (Å²) in [7, 11) is -3.59. The van der Waals surface area contributed by atoms with Crippen molar-refractivity contribution >= 4 is 33.5 Å². The number of carbonyl (C=O) groups excluding carboxylic acids is 3. The molecule has 9 nitrogen and oxygen atoms in total. The highest BCUT2D eigenvalue weighted by atomic mass is 32.2. The van der Waals surface area contributed by atoms with E-state index in [1.165, 1.54) is 21.3 Å². The summed E-state index contributed by atoms with van der Waals surface area (Å²) in [4.78, 5) is 40.1. The highest BCUT2D eigenvalue weighted by Crippen LogP contribution is 2.32. The Bertz CT molecular complexity index is 998. The SMILES string of the molecule is CCOC(=O)C1(NC(=O)C2CC(=O)N(c3ccc(S(=O)(=O)N(CC)CC)cc3)C2)CCCCC1. The molecule has 0 radical (unpaired) electrons. The molecule has 0 spiro atoms. The third-order valence-corrected chi connectivity index (χ3v) is 8.79. The normalized spacial score (nSPS) is 20.4. The molecule has 188 valence electrons. The van der Waals surface area contributed by atoms with Gasteiger partial charge in [0.05, 0.1) is 17.4 Å². The number of sulfonamides is 1. The van der Waals surface area contributed by atoms with Gasteiger partial charge in [-0.3, -0.25) is 9.59 Å². The molecule has 10 heteroatoms. The van der Waals surface area contributed by atoms with Crippen molar-refractivity contribution in [3.05, 3.63) is 24.3 Å². The molecule has 2 amide bonds. The van der Waals surface area contributed by atoms with Crippen LogP contribution in [0, 0.1) is 5.92 Å². The minimum absolute atomic E-state index is 0.0320. The Hall–Kier alpha value is -2.46. The smallest absolute Gasteiger partial charge is 0.331 e. The zero-order valence-electron chi connectivity index (χ0n) is 20.2. The molecule has 1 N–H and O–H groups in total. The van der Waals surface area contributed by atoms with Gasteiger partial charge in [0.1, 0.15) is 5.54 Å². The number of hydrogen-bond acceptors (Lipinski definition) is 6. The second kappa shape index (κ2) is 10.9. The second-order valence-corrected chi connectivity index (χ2v) is 10.8. The molecule has 2 aliphatic rings. The van der Waals surface area contributed by atoms with Crippen LogP contribution in [0.3, 0.4) is 0 Å². The van der Waals surface area contributed by atoms with Crippen molar-refractivity contribution in [1.29, 1.82) is 0 Å². The van der Waals surface area contributed by atoms with E-state index in [0.29, 0.717) is 31.6 Å². The summed E-state index contributed by atoms with van der Waals surface area (Å²) in [5.74, 6) is -1.55. The molecule has 1 aliphatic heterocycles. The molecule has 3 rings (SSSR count). The summed E-state index contributed by atoms with van der Waals surface area (Å²) in [5.41, 5.74) is -0.487. The molecule has 1 aliphatic carbocycles. The summed E-state index contributed by atoms with van der Waals surface area (Å²) in [6.45, 7) is 6.45. The Labute approximate surface area is 201 Å². The summed E-state index contributed by atoms with van der Waals surface area (Å²) in [5, 5.41) is 2.93. The second-order valence-electron chi connectivity index (χ2n) is 8.84. The van der Waals surface area contributed by atoms with Crippen LogP contribution in [0.15, 0.2) is 29.2 Å². The lowest BCUT2D eigenvalue weighted by atomic mass is 9.81. The fraction of sp³-hybridized carbons (Fsp3) is 0.625. The van der Waals surface area contributed by atoms with Gasteiger partial charge in [-0.25, -0.2) is 13.2 Å². The lowest BCUT2D eigenvalue weighted by Crippen LogP contribution is -2.57. The van der Waals surface area contributed by atoms with E-state index in [1.54, 1.807) is 32.9 Å². The van der Waals surface area contributed by atoms with Crippen LogP contribution in [-0.4, -0.2) is 62.3 Å². The van der Waals surface area contributed by atoms with E-state index in [1.807, 2.05) is 0 Å². The van der Waals surface area contributed by atoms with Crippen molar-refractivity contribution in [3.8, 4) is 0 Å². The fourth-order valence-corrected chi connectivity index (χ4v) is 6.24. The number of nitrogens with one attached hydrogen (secondary N) is 1. The molecule has 0 aromatic heterocycles. The zero-order valence-corrected chi connectivity index (χ0v) is 21.0. The maximum Gasteiger partial charge on any atom is 0.331 e. The summed E-state index contributed by atoms with van der Waals surface area (Å²) >= 11 is 0. The highest BCUT2D eigenvalue weighted by Gasteiger charge is 2.45. The van der Waals surface area contributed by atoms with Gasteiger partial charge in [0.15, 0.2) is 0 Å². The van der Waals surface area contributed by atoms with E-state index in [9.17, 15) is 22.8 Å². The number of benzene rings is 1. The van der Waals surface area contributed by atoms with Crippen LogP contribution in [0.4, 0.5) is 5.69 Å². The first kappa shape index (κ1) is 26.2. The van der Waals surface area contributed by atoms with Gasteiger partial charge >= 0.3 is 5.97 Å². The van der Waals surface area contributed by atoms with Gasteiger partial charge in [0, 0.05) is 31.7 Å². The number of nitrogens with zero attached hydrogens (tertiary/aromatic N) is 2. The first-order valence-electron chi connectivity index (χ1n) is 12.1. The summed E-state index contributed by atoms with van der Waals surface area (Å²) < 4.78 is 32.0. The summed E-state index contributed by atoms with van der Waals surface area (Å²) in [6, 6.07) is 6.16. The van der Waals surface area contributed by atoms with E-state index >= 15 is 0 Å². The average Bonchev–Trinajstić information content (AvgIpc) is 3.22. The molecule has 1 aromatic rings. The largest absolute Gasteiger partial charge is 0.464 e. The number of esters is 1. The van der Waals surface area contributed by atoms with Gasteiger partial charge in [-0.05, 0) is 44.0 Å². The number of rotatable bonds is 9. The standard InChI is InChI=1S/C24H35N3O6S/c1-4-26(5-2)34(31,32)20-12-10-19(11-13-20)27-17-18(16-21(27)28)22(29)25-24(23(30)33-6-3)14-8-7-9-15-24/h10-13,18H,4-9,14-17H2,1-3H3,(H,25,29). The van der Waals surface area contributed by atoms with Gasteiger partial charge < -0.3 is 15.0 Å². The van der Waals surface area contributed by atoms with Gasteiger partial charge in [-0.1, -0.05) is 33.1 Å². The van der Waals surface area contributed by atoms with E-state index in [0.717, 1.165) is 19.3 Å². The van der Waals surface area contributed by atoms with Crippen LogP contribution in [0.2, 0.25) is 0 Å². The Morgan fingerprint density at radius 2 is 1.71 bits per heavy atom. The predicted molar refractivity (Wildman–Crippen MR) is 128 cm³/mol. The van der Waals surface area contributed by atoms with Gasteiger partial charge in [0.25, 0.3) is 0 Å². The van der Waals surface area contributed by atoms with Crippen molar-refractivity contribution in [3.63, 3.8) is 0 Å². The van der Waals surface area contributed by atoms with Crippen molar-refractivity contribution < 1.29 is 27.5 Å². The quantitative estimate of drug-likeness (QED) is 0.529.